The molecule has 0 saturated heterocycles. The highest BCUT2D eigenvalue weighted by Crippen LogP contribution is 2.22. The number of carbonyl (C=O) groups excluding carboxylic acids is 1. The maximum atomic E-state index is 12.0. The van der Waals surface area contributed by atoms with Crippen LogP contribution in [-0.4, -0.2) is 23.6 Å². The third-order valence-electron chi connectivity index (χ3n) is 2.73. The summed E-state index contributed by atoms with van der Waals surface area (Å²) in [5.41, 5.74) is 5.89. The van der Waals surface area contributed by atoms with Gasteiger partial charge in [-0.15, -0.1) is 0 Å². The predicted molar refractivity (Wildman–Crippen MR) is 75.6 cm³/mol. The van der Waals surface area contributed by atoms with Crippen LogP contribution in [0.25, 0.3) is 0 Å². The minimum absolute atomic E-state index is 0.0341. The lowest BCUT2D eigenvalue weighted by Gasteiger charge is -2.16. The molecule has 1 unspecified atom stereocenters. The predicted octanol–water partition coefficient (Wildman–Crippen LogP) is 2.40. The Kier molecular flexibility index (Phi) is 6.15. The van der Waals surface area contributed by atoms with Crippen molar-refractivity contribution in [2.75, 3.05) is 6.54 Å². The second kappa shape index (κ2) is 7.38. The van der Waals surface area contributed by atoms with E-state index < -0.39 is 0 Å². The summed E-state index contributed by atoms with van der Waals surface area (Å²) in [6.07, 6.45) is 2.94. The summed E-state index contributed by atoms with van der Waals surface area (Å²) in [5.74, 6) is -0.320. The van der Waals surface area contributed by atoms with Crippen LogP contribution in [-0.2, 0) is 0 Å². The Morgan fingerprint density at radius 2 is 2.28 bits per heavy atom. The summed E-state index contributed by atoms with van der Waals surface area (Å²) >= 11 is 3.23. The fourth-order valence-corrected chi connectivity index (χ4v) is 2.01. The molecule has 1 amide bonds. The Bertz CT molecular complexity index is 410. The molecular formula is C13H19BrN2O2. The number of rotatable bonds is 6. The third-order valence-corrected chi connectivity index (χ3v) is 3.22. The van der Waals surface area contributed by atoms with E-state index in [9.17, 15) is 9.90 Å². The molecule has 1 rings (SSSR count). The number of nitrogens with two attached hydrogens (primary N) is 1. The van der Waals surface area contributed by atoms with Gasteiger partial charge in [-0.1, -0.05) is 35.7 Å². The molecule has 0 aromatic heterocycles. The molecule has 1 aromatic carbocycles. The summed E-state index contributed by atoms with van der Waals surface area (Å²) in [6.45, 7) is 2.50. The smallest absolute Gasteiger partial charge is 0.255 e. The lowest BCUT2D eigenvalue weighted by atomic mass is 10.1. The average molecular weight is 315 g/mol. The first kappa shape index (κ1) is 15.0. The van der Waals surface area contributed by atoms with E-state index in [2.05, 4.69) is 28.2 Å². The number of nitrogens with one attached hydrogen (secondary N) is 1. The van der Waals surface area contributed by atoms with E-state index in [0.29, 0.717) is 6.54 Å². The van der Waals surface area contributed by atoms with Crippen LogP contribution < -0.4 is 11.1 Å². The van der Waals surface area contributed by atoms with Crippen LogP contribution in [0.5, 0.6) is 5.75 Å². The first-order valence-electron chi connectivity index (χ1n) is 6.08. The summed E-state index contributed by atoms with van der Waals surface area (Å²) in [7, 11) is 0. The van der Waals surface area contributed by atoms with Gasteiger partial charge in [0.15, 0.2) is 0 Å². The Morgan fingerprint density at radius 3 is 2.83 bits per heavy atom. The lowest BCUT2D eigenvalue weighted by molar-refractivity contribution is 0.0933. The van der Waals surface area contributed by atoms with Crippen molar-refractivity contribution in [3.8, 4) is 5.75 Å². The molecule has 5 heteroatoms. The normalized spacial score (nSPS) is 12.2. The first-order chi connectivity index (χ1) is 8.58. The monoisotopic (exact) mass is 314 g/mol. The minimum atomic E-state index is -0.286. The fourth-order valence-electron chi connectivity index (χ4n) is 1.66. The van der Waals surface area contributed by atoms with E-state index >= 15 is 0 Å². The van der Waals surface area contributed by atoms with E-state index in [1.54, 1.807) is 12.1 Å². The molecule has 0 bridgehead atoms. The Labute approximate surface area is 116 Å². The average Bonchev–Trinajstić information content (AvgIpc) is 2.34. The van der Waals surface area contributed by atoms with Crippen molar-refractivity contribution in [2.24, 2.45) is 5.73 Å². The standard InChI is InChI=1S/C13H19BrN2O2/c1-2-3-4-10(8-15)16-13(18)11-6-5-9(14)7-12(11)17/h5-7,10,17H,2-4,8,15H2,1H3,(H,16,18). The second-order valence-corrected chi connectivity index (χ2v) is 5.13. The molecule has 4 nitrogen and oxygen atoms in total. The van der Waals surface area contributed by atoms with Crippen molar-refractivity contribution in [1.29, 1.82) is 0 Å². The van der Waals surface area contributed by atoms with E-state index in [1.165, 1.54) is 6.07 Å². The number of benzene rings is 1. The molecule has 18 heavy (non-hydrogen) atoms. The molecule has 1 aromatic rings. The third kappa shape index (κ3) is 4.31. The number of hydrogen-bond donors (Lipinski definition) is 3. The molecule has 0 saturated carbocycles. The van der Waals surface area contributed by atoms with Crippen LogP contribution >= 0.6 is 15.9 Å². The van der Waals surface area contributed by atoms with Crippen molar-refractivity contribution < 1.29 is 9.90 Å². The van der Waals surface area contributed by atoms with Crippen molar-refractivity contribution in [3.63, 3.8) is 0 Å². The number of unbranched alkanes of at least 4 members (excludes halogenated alkanes) is 1. The highest BCUT2D eigenvalue weighted by atomic mass is 79.9. The Balaban J connectivity index is 2.68. The molecule has 0 aliphatic carbocycles. The SMILES string of the molecule is CCCCC(CN)NC(=O)c1ccc(Br)cc1O. The number of phenols is 1. The van der Waals surface area contributed by atoms with Gasteiger partial charge in [-0.25, -0.2) is 0 Å². The molecule has 0 fully saturated rings. The summed E-state index contributed by atoms with van der Waals surface area (Å²) in [5, 5.41) is 12.5. The zero-order valence-corrected chi connectivity index (χ0v) is 12.0. The highest BCUT2D eigenvalue weighted by molar-refractivity contribution is 9.10. The van der Waals surface area contributed by atoms with Crippen LogP contribution in [0.15, 0.2) is 22.7 Å². The lowest BCUT2D eigenvalue weighted by Crippen LogP contribution is -2.40. The van der Waals surface area contributed by atoms with E-state index in [4.69, 9.17) is 5.73 Å². The molecule has 0 spiro atoms. The van der Waals surface area contributed by atoms with Crippen molar-refractivity contribution >= 4 is 21.8 Å². The van der Waals surface area contributed by atoms with Gasteiger partial charge in [-0.2, -0.15) is 0 Å². The van der Waals surface area contributed by atoms with Crippen LogP contribution in [0.2, 0.25) is 0 Å². The quantitative estimate of drug-likeness (QED) is 0.754. The minimum Gasteiger partial charge on any atom is -0.507 e. The highest BCUT2D eigenvalue weighted by Gasteiger charge is 2.15. The number of hydrogen-bond acceptors (Lipinski definition) is 3. The second-order valence-electron chi connectivity index (χ2n) is 4.21. The molecule has 0 radical (unpaired) electrons. The molecular weight excluding hydrogens is 296 g/mol. The van der Waals surface area contributed by atoms with E-state index in [1.807, 2.05) is 0 Å². The zero-order valence-electron chi connectivity index (χ0n) is 10.4. The number of halogens is 1. The van der Waals surface area contributed by atoms with Gasteiger partial charge in [0.2, 0.25) is 0 Å². The van der Waals surface area contributed by atoms with Crippen molar-refractivity contribution in [1.82, 2.24) is 5.32 Å². The van der Waals surface area contributed by atoms with Crippen molar-refractivity contribution in [2.45, 2.75) is 32.2 Å². The van der Waals surface area contributed by atoms with Gasteiger partial charge < -0.3 is 16.2 Å². The van der Waals surface area contributed by atoms with E-state index in [0.717, 1.165) is 23.7 Å². The first-order valence-corrected chi connectivity index (χ1v) is 6.87. The molecule has 0 aliphatic heterocycles. The topological polar surface area (TPSA) is 75.3 Å². The molecule has 0 aliphatic rings. The van der Waals surface area contributed by atoms with Gasteiger partial charge in [0.25, 0.3) is 5.91 Å². The Morgan fingerprint density at radius 1 is 1.56 bits per heavy atom. The molecule has 4 N–H and O–H groups in total. The van der Waals surface area contributed by atoms with Crippen LogP contribution in [0.1, 0.15) is 36.5 Å². The molecule has 0 heterocycles. The molecule has 1 atom stereocenters. The maximum Gasteiger partial charge on any atom is 0.255 e. The number of carbonyl (C=O) groups is 1. The zero-order chi connectivity index (χ0) is 13.5. The van der Waals surface area contributed by atoms with Gasteiger partial charge in [-0.05, 0) is 24.6 Å². The number of aromatic hydroxyl groups is 1. The van der Waals surface area contributed by atoms with Crippen molar-refractivity contribution in [3.05, 3.63) is 28.2 Å². The van der Waals surface area contributed by atoms with Gasteiger partial charge >= 0.3 is 0 Å². The van der Waals surface area contributed by atoms with E-state index in [-0.39, 0.29) is 23.3 Å². The molecule has 100 valence electrons. The van der Waals surface area contributed by atoms with Gasteiger partial charge in [0, 0.05) is 17.1 Å². The fraction of sp³-hybridized carbons (Fsp3) is 0.462. The maximum absolute atomic E-state index is 12.0. The summed E-state index contributed by atoms with van der Waals surface area (Å²) in [6, 6.07) is 4.76. The Hall–Kier alpha value is -1.07. The van der Waals surface area contributed by atoms with Crippen LogP contribution in [0.4, 0.5) is 0 Å². The summed E-state index contributed by atoms with van der Waals surface area (Å²) in [4.78, 5) is 12.0. The van der Waals surface area contributed by atoms with Gasteiger partial charge in [0.1, 0.15) is 5.75 Å². The number of phenolic OH excluding ortho intramolecular Hbond substituents is 1. The van der Waals surface area contributed by atoms with Gasteiger partial charge in [0.05, 0.1) is 5.56 Å². The van der Waals surface area contributed by atoms with Crippen LogP contribution in [0.3, 0.4) is 0 Å². The summed E-state index contributed by atoms with van der Waals surface area (Å²) < 4.78 is 0.734. The van der Waals surface area contributed by atoms with Crippen LogP contribution in [0, 0.1) is 0 Å². The van der Waals surface area contributed by atoms with Gasteiger partial charge in [-0.3, -0.25) is 4.79 Å². The largest absolute Gasteiger partial charge is 0.507 e. The number of amides is 1.